The molecule has 0 aromatic rings. The average Bonchev–Trinajstić information content (AvgIpc) is 2.19. The molecule has 3 nitrogen and oxygen atoms in total. The van der Waals surface area contributed by atoms with Crippen LogP contribution in [-0.2, 0) is 5.21 Å². The van der Waals surface area contributed by atoms with Crippen molar-refractivity contribution in [3.63, 3.8) is 0 Å². The quantitative estimate of drug-likeness (QED) is 0.606. The standard InChI is InChI=1S/C8H16NO.CH4O/c1-7(2)5-6-8(3,4)9(7)10;1-2/h5-6H2,1-4H3;2H,1H3. The Morgan fingerprint density at radius 1 is 1.00 bits per heavy atom. The predicted molar refractivity (Wildman–Crippen MR) is 48.1 cm³/mol. The SMILES string of the molecule is CC1(C)CCC(C)(C)N1[O].CO. The molecule has 1 saturated heterocycles. The van der Waals surface area contributed by atoms with Gasteiger partial charge in [-0.2, -0.15) is 0 Å². The van der Waals surface area contributed by atoms with Gasteiger partial charge in [0.1, 0.15) is 0 Å². The minimum Gasteiger partial charge on any atom is -0.400 e. The van der Waals surface area contributed by atoms with Gasteiger partial charge in [0.05, 0.1) is 0 Å². The molecule has 0 aromatic carbocycles. The maximum absolute atomic E-state index is 11.5. The normalized spacial score (nSPS) is 26.2. The molecule has 1 fully saturated rings. The van der Waals surface area contributed by atoms with Crippen molar-refractivity contribution in [2.45, 2.75) is 51.6 Å². The molecule has 0 amide bonds. The van der Waals surface area contributed by atoms with Crippen molar-refractivity contribution < 1.29 is 10.3 Å². The summed E-state index contributed by atoms with van der Waals surface area (Å²) in [7, 11) is 1.00. The third kappa shape index (κ3) is 2.19. The summed E-state index contributed by atoms with van der Waals surface area (Å²) in [6.45, 7) is 8.03. The van der Waals surface area contributed by atoms with Crippen molar-refractivity contribution in [3.8, 4) is 0 Å². The van der Waals surface area contributed by atoms with Gasteiger partial charge in [0.25, 0.3) is 0 Å². The van der Waals surface area contributed by atoms with Gasteiger partial charge in [-0.25, -0.2) is 0 Å². The fourth-order valence-electron chi connectivity index (χ4n) is 1.63. The largest absolute Gasteiger partial charge is 0.400 e. The molecule has 1 aliphatic heterocycles. The van der Waals surface area contributed by atoms with E-state index in [1.165, 1.54) is 5.06 Å². The Kier molecular flexibility index (Phi) is 3.69. The van der Waals surface area contributed by atoms with Crippen LogP contribution in [0, 0.1) is 0 Å². The maximum atomic E-state index is 11.5. The van der Waals surface area contributed by atoms with Crippen molar-refractivity contribution in [2.75, 3.05) is 7.11 Å². The minimum absolute atomic E-state index is 0.135. The predicted octanol–water partition coefficient (Wildman–Crippen LogP) is 1.59. The third-order valence-electron chi connectivity index (χ3n) is 2.45. The van der Waals surface area contributed by atoms with Gasteiger partial charge in [0.15, 0.2) is 0 Å². The highest BCUT2D eigenvalue weighted by molar-refractivity contribution is 4.95. The van der Waals surface area contributed by atoms with Crippen LogP contribution in [0.25, 0.3) is 0 Å². The van der Waals surface area contributed by atoms with Crippen LogP contribution in [0.15, 0.2) is 0 Å². The lowest BCUT2D eigenvalue weighted by Crippen LogP contribution is -2.44. The van der Waals surface area contributed by atoms with Crippen molar-refractivity contribution in [1.82, 2.24) is 5.06 Å². The van der Waals surface area contributed by atoms with Gasteiger partial charge in [0.2, 0.25) is 0 Å². The zero-order chi connectivity index (χ0) is 9.99. The fourth-order valence-corrected chi connectivity index (χ4v) is 1.63. The zero-order valence-electron chi connectivity index (χ0n) is 8.72. The molecule has 12 heavy (non-hydrogen) atoms. The lowest BCUT2D eigenvalue weighted by atomic mass is 10.0. The molecule has 0 aliphatic carbocycles. The number of hydrogen-bond donors (Lipinski definition) is 1. The summed E-state index contributed by atoms with van der Waals surface area (Å²) in [6, 6.07) is 0. The molecule has 1 N–H and O–H groups in total. The third-order valence-corrected chi connectivity index (χ3v) is 2.45. The number of hydroxylamine groups is 2. The maximum Gasteiger partial charge on any atom is 0.0444 e. The Labute approximate surface area is 75.0 Å². The molecule has 1 radical (unpaired) electrons. The van der Waals surface area contributed by atoms with E-state index in [1.54, 1.807) is 0 Å². The molecule has 0 aromatic heterocycles. The van der Waals surface area contributed by atoms with E-state index in [2.05, 4.69) is 0 Å². The molecular formula is C9H20NO2. The summed E-state index contributed by atoms with van der Waals surface area (Å²) in [5.74, 6) is 0. The second-order valence-electron chi connectivity index (χ2n) is 4.42. The summed E-state index contributed by atoms with van der Waals surface area (Å²) in [5.41, 5.74) is -0.271. The summed E-state index contributed by atoms with van der Waals surface area (Å²) in [4.78, 5) is 0. The lowest BCUT2D eigenvalue weighted by Gasteiger charge is -2.31. The first kappa shape index (κ1) is 11.9. The van der Waals surface area contributed by atoms with E-state index in [4.69, 9.17) is 5.11 Å². The van der Waals surface area contributed by atoms with Gasteiger partial charge in [-0.1, -0.05) is 0 Å². The first-order chi connectivity index (χ1) is 5.36. The Balaban J connectivity index is 0.000000561. The van der Waals surface area contributed by atoms with E-state index in [1.807, 2.05) is 27.7 Å². The number of nitrogens with zero attached hydrogens (tertiary/aromatic N) is 1. The average molecular weight is 174 g/mol. The molecule has 1 rings (SSSR count). The van der Waals surface area contributed by atoms with Crippen LogP contribution in [0.4, 0.5) is 0 Å². The van der Waals surface area contributed by atoms with Crippen LogP contribution in [0.5, 0.6) is 0 Å². The van der Waals surface area contributed by atoms with E-state index in [-0.39, 0.29) is 11.1 Å². The topological polar surface area (TPSA) is 43.4 Å². The molecule has 3 heteroatoms. The van der Waals surface area contributed by atoms with Gasteiger partial charge in [0, 0.05) is 18.2 Å². The van der Waals surface area contributed by atoms with E-state index in [0.717, 1.165) is 20.0 Å². The zero-order valence-corrected chi connectivity index (χ0v) is 8.72. The Morgan fingerprint density at radius 3 is 1.33 bits per heavy atom. The first-order valence-corrected chi connectivity index (χ1v) is 4.28. The molecule has 0 saturated carbocycles. The first-order valence-electron chi connectivity index (χ1n) is 4.28. The Bertz CT molecular complexity index is 127. The van der Waals surface area contributed by atoms with Crippen LogP contribution >= 0.6 is 0 Å². The highest BCUT2D eigenvalue weighted by Gasteiger charge is 2.45. The molecular weight excluding hydrogens is 154 g/mol. The van der Waals surface area contributed by atoms with Crippen LogP contribution in [0.2, 0.25) is 0 Å². The summed E-state index contributed by atoms with van der Waals surface area (Å²) in [5, 5.41) is 19.7. The van der Waals surface area contributed by atoms with Gasteiger partial charge >= 0.3 is 0 Å². The van der Waals surface area contributed by atoms with Crippen LogP contribution in [0.3, 0.4) is 0 Å². The van der Waals surface area contributed by atoms with Crippen molar-refractivity contribution in [2.24, 2.45) is 0 Å². The number of aliphatic hydroxyl groups excluding tert-OH is 1. The molecule has 0 bridgehead atoms. The highest BCUT2D eigenvalue weighted by Crippen LogP contribution is 2.38. The van der Waals surface area contributed by atoms with Gasteiger partial charge in [-0.15, -0.1) is 10.3 Å². The number of aliphatic hydroxyl groups is 1. The smallest absolute Gasteiger partial charge is 0.0444 e. The van der Waals surface area contributed by atoms with Gasteiger partial charge in [-0.05, 0) is 40.5 Å². The van der Waals surface area contributed by atoms with Crippen LogP contribution in [-0.4, -0.2) is 28.4 Å². The van der Waals surface area contributed by atoms with Crippen LogP contribution in [0.1, 0.15) is 40.5 Å². The van der Waals surface area contributed by atoms with Crippen molar-refractivity contribution in [3.05, 3.63) is 0 Å². The van der Waals surface area contributed by atoms with Gasteiger partial charge in [-0.3, -0.25) is 0 Å². The second kappa shape index (κ2) is 3.73. The summed E-state index contributed by atoms with van der Waals surface area (Å²) >= 11 is 0. The van der Waals surface area contributed by atoms with E-state index >= 15 is 0 Å². The van der Waals surface area contributed by atoms with Gasteiger partial charge < -0.3 is 5.11 Å². The van der Waals surface area contributed by atoms with E-state index < -0.39 is 0 Å². The highest BCUT2D eigenvalue weighted by atomic mass is 16.5. The molecule has 1 aliphatic rings. The fraction of sp³-hybridized carbons (Fsp3) is 1.00. The molecule has 0 atom stereocenters. The van der Waals surface area contributed by atoms with Crippen molar-refractivity contribution >= 4 is 0 Å². The Morgan fingerprint density at radius 2 is 1.25 bits per heavy atom. The molecule has 0 unspecified atom stereocenters. The number of rotatable bonds is 0. The van der Waals surface area contributed by atoms with E-state index in [0.29, 0.717) is 0 Å². The Hall–Kier alpha value is -0.120. The molecule has 1 heterocycles. The molecule has 73 valence electrons. The van der Waals surface area contributed by atoms with Crippen LogP contribution < -0.4 is 0 Å². The summed E-state index contributed by atoms with van der Waals surface area (Å²) in [6.07, 6.45) is 2.03. The minimum atomic E-state index is -0.135. The lowest BCUT2D eigenvalue weighted by molar-refractivity contribution is -0.244. The monoisotopic (exact) mass is 174 g/mol. The second-order valence-corrected chi connectivity index (χ2v) is 4.42. The summed E-state index contributed by atoms with van der Waals surface area (Å²) < 4.78 is 0. The van der Waals surface area contributed by atoms with Crippen molar-refractivity contribution in [1.29, 1.82) is 0 Å². The molecule has 0 spiro atoms. The number of hydrogen-bond acceptors (Lipinski definition) is 2. The van der Waals surface area contributed by atoms with E-state index in [9.17, 15) is 5.21 Å².